The fourth-order valence-electron chi connectivity index (χ4n) is 2.44. The summed E-state index contributed by atoms with van der Waals surface area (Å²) in [5.74, 6) is 0.327. The van der Waals surface area contributed by atoms with E-state index >= 15 is 0 Å². The van der Waals surface area contributed by atoms with Crippen LogP contribution in [0.5, 0.6) is 5.75 Å². The summed E-state index contributed by atoms with van der Waals surface area (Å²) in [6, 6.07) is 12.1. The Kier molecular flexibility index (Phi) is 4.41. The summed E-state index contributed by atoms with van der Waals surface area (Å²) >= 11 is 0. The van der Waals surface area contributed by atoms with Crippen molar-refractivity contribution in [3.8, 4) is 16.9 Å². The summed E-state index contributed by atoms with van der Waals surface area (Å²) in [5, 5.41) is 9.86. The van der Waals surface area contributed by atoms with E-state index in [9.17, 15) is 5.11 Å². The molecular formula is C19H20O. The third-order valence-corrected chi connectivity index (χ3v) is 3.56. The van der Waals surface area contributed by atoms with E-state index < -0.39 is 0 Å². The van der Waals surface area contributed by atoms with E-state index in [4.69, 9.17) is 0 Å². The van der Waals surface area contributed by atoms with Crippen LogP contribution in [0.25, 0.3) is 11.1 Å². The van der Waals surface area contributed by atoms with Gasteiger partial charge in [0, 0.05) is 0 Å². The highest BCUT2D eigenvalue weighted by atomic mass is 16.3. The van der Waals surface area contributed by atoms with Gasteiger partial charge in [-0.2, -0.15) is 0 Å². The van der Waals surface area contributed by atoms with Crippen LogP contribution in [0.15, 0.2) is 61.7 Å². The summed E-state index contributed by atoms with van der Waals surface area (Å²) in [6.45, 7) is 9.67. The van der Waals surface area contributed by atoms with E-state index in [0.717, 1.165) is 17.5 Å². The summed E-state index contributed by atoms with van der Waals surface area (Å²) in [6.07, 6.45) is 5.27. The van der Waals surface area contributed by atoms with Gasteiger partial charge < -0.3 is 5.11 Å². The average molecular weight is 264 g/mol. The maximum Gasteiger partial charge on any atom is 0.119 e. The molecule has 2 rings (SSSR count). The molecule has 0 bridgehead atoms. The molecule has 0 unspecified atom stereocenters. The van der Waals surface area contributed by atoms with Gasteiger partial charge in [-0.3, -0.25) is 0 Å². The normalized spacial score (nSPS) is 10.2. The van der Waals surface area contributed by atoms with E-state index in [0.29, 0.717) is 12.2 Å². The minimum absolute atomic E-state index is 0.327. The Morgan fingerprint density at radius 1 is 1.00 bits per heavy atom. The molecule has 0 saturated heterocycles. The maximum atomic E-state index is 9.86. The Morgan fingerprint density at radius 3 is 2.40 bits per heavy atom. The number of allylic oxidation sites excluding steroid dienone is 2. The molecule has 0 aromatic heterocycles. The van der Waals surface area contributed by atoms with E-state index in [2.05, 4.69) is 38.3 Å². The SMILES string of the molecule is C=CCc1cc(-c2cccc(CC=C)c2C)ccc1O. The minimum Gasteiger partial charge on any atom is -0.508 e. The lowest BCUT2D eigenvalue weighted by molar-refractivity contribution is 0.470. The van der Waals surface area contributed by atoms with Crippen molar-refractivity contribution in [2.24, 2.45) is 0 Å². The Labute approximate surface area is 120 Å². The Bertz CT molecular complexity index is 638. The van der Waals surface area contributed by atoms with Crippen LogP contribution in [0.1, 0.15) is 16.7 Å². The highest BCUT2D eigenvalue weighted by molar-refractivity contribution is 5.70. The number of phenols is 1. The molecule has 0 spiro atoms. The number of phenolic OH excluding ortho intramolecular Hbond substituents is 1. The summed E-state index contributed by atoms with van der Waals surface area (Å²) < 4.78 is 0. The predicted octanol–water partition coefficient (Wildman–Crippen LogP) is 4.82. The first kappa shape index (κ1) is 14.1. The molecule has 0 atom stereocenters. The van der Waals surface area contributed by atoms with Crippen LogP contribution in [-0.2, 0) is 12.8 Å². The average Bonchev–Trinajstić information content (AvgIpc) is 2.44. The third kappa shape index (κ3) is 2.83. The molecule has 0 aliphatic carbocycles. The number of aromatic hydroxyl groups is 1. The predicted molar refractivity (Wildman–Crippen MR) is 86.1 cm³/mol. The fourth-order valence-corrected chi connectivity index (χ4v) is 2.44. The van der Waals surface area contributed by atoms with Crippen molar-refractivity contribution >= 4 is 0 Å². The van der Waals surface area contributed by atoms with Gasteiger partial charge in [-0.1, -0.05) is 36.4 Å². The van der Waals surface area contributed by atoms with Crippen molar-refractivity contribution in [3.63, 3.8) is 0 Å². The number of hydrogen-bond acceptors (Lipinski definition) is 1. The van der Waals surface area contributed by atoms with Crippen LogP contribution < -0.4 is 0 Å². The van der Waals surface area contributed by atoms with Crippen molar-refractivity contribution in [3.05, 3.63) is 78.4 Å². The summed E-state index contributed by atoms with van der Waals surface area (Å²) in [4.78, 5) is 0. The van der Waals surface area contributed by atoms with Gasteiger partial charge in [-0.25, -0.2) is 0 Å². The zero-order valence-corrected chi connectivity index (χ0v) is 11.9. The van der Waals surface area contributed by atoms with Gasteiger partial charge in [-0.15, -0.1) is 13.2 Å². The highest BCUT2D eigenvalue weighted by Gasteiger charge is 2.08. The van der Waals surface area contributed by atoms with E-state index in [-0.39, 0.29) is 0 Å². The standard InChI is InChI=1S/C19H20O/c1-4-7-15-9-6-10-18(14(15)3)16-11-12-19(20)17(13-16)8-5-2/h4-6,9-13,20H,1-2,7-8H2,3H3. The molecule has 20 heavy (non-hydrogen) atoms. The Morgan fingerprint density at radius 2 is 1.70 bits per heavy atom. The van der Waals surface area contributed by atoms with Crippen LogP contribution in [0.4, 0.5) is 0 Å². The summed E-state index contributed by atoms with van der Waals surface area (Å²) in [5.41, 5.74) is 5.79. The number of rotatable bonds is 5. The van der Waals surface area contributed by atoms with Gasteiger partial charge in [0.2, 0.25) is 0 Å². The first-order chi connectivity index (χ1) is 9.67. The molecule has 0 aliphatic rings. The van der Waals surface area contributed by atoms with E-state index in [1.165, 1.54) is 16.7 Å². The van der Waals surface area contributed by atoms with Gasteiger partial charge in [0.05, 0.1) is 0 Å². The second-order valence-electron chi connectivity index (χ2n) is 4.92. The van der Waals surface area contributed by atoms with Gasteiger partial charge in [0.25, 0.3) is 0 Å². The maximum absolute atomic E-state index is 9.86. The lowest BCUT2D eigenvalue weighted by Crippen LogP contribution is -1.92. The number of benzene rings is 2. The van der Waals surface area contributed by atoms with Crippen molar-refractivity contribution in [2.75, 3.05) is 0 Å². The Hall–Kier alpha value is -2.28. The molecule has 2 aromatic rings. The highest BCUT2D eigenvalue weighted by Crippen LogP contribution is 2.30. The Balaban J connectivity index is 2.51. The number of hydrogen-bond donors (Lipinski definition) is 1. The van der Waals surface area contributed by atoms with Crippen molar-refractivity contribution in [2.45, 2.75) is 19.8 Å². The van der Waals surface area contributed by atoms with Gasteiger partial charge in [-0.05, 0) is 59.7 Å². The molecule has 0 saturated carbocycles. The largest absolute Gasteiger partial charge is 0.508 e. The van der Waals surface area contributed by atoms with Gasteiger partial charge in [0.15, 0.2) is 0 Å². The quantitative estimate of drug-likeness (QED) is 0.767. The third-order valence-electron chi connectivity index (χ3n) is 3.56. The van der Waals surface area contributed by atoms with Crippen molar-refractivity contribution in [1.82, 2.24) is 0 Å². The van der Waals surface area contributed by atoms with Crippen molar-refractivity contribution in [1.29, 1.82) is 0 Å². The molecular weight excluding hydrogens is 244 g/mol. The smallest absolute Gasteiger partial charge is 0.119 e. The fraction of sp³-hybridized carbons (Fsp3) is 0.158. The lowest BCUT2D eigenvalue weighted by Gasteiger charge is -2.12. The van der Waals surface area contributed by atoms with Crippen molar-refractivity contribution < 1.29 is 5.11 Å². The lowest BCUT2D eigenvalue weighted by atomic mass is 9.93. The topological polar surface area (TPSA) is 20.2 Å². The molecule has 0 heterocycles. The van der Waals surface area contributed by atoms with Crippen LogP contribution in [-0.4, -0.2) is 5.11 Å². The van der Waals surface area contributed by atoms with Crippen LogP contribution >= 0.6 is 0 Å². The molecule has 1 heteroatoms. The van der Waals surface area contributed by atoms with E-state index in [1.54, 1.807) is 12.1 Å². The molecule has 1 nitrogen and oxygen atoms in total. The summed E-state index contributed by atoms with van der Waals surface area (Å²) in [7, 11) is 0. The molecule has 102 valence electrons. The zero-order valence-electron chi connectivity index (χ0n) is 11.9. The first-order valence-corrected chi connectivity index (χ1v) is 6.80. The molecule has 0 fully saturated rings. The zero-order chi connectivity index (χ0) is 14.5. The van der Waals surface area contributed by atoms with E-state index in [1.807, 2.05) is 18.2 Å². The molecule has 0 radical (unpaired) electrons. The molecule has 0 aliphatic heterocycles. The molecule has 0 amide bonds. The second-order valence-corrected chi connectivity index (χ2v) is 4.92. The monoisotopic (exact) mass is 264 g/mol. The van der Waals surface area contributed by atoms with Crippen LogP contribution in [0.3, 0.4) is 0 Å². The first-order valence-electron chi connectivity index (χ1n) is 6.80. The van der Waals surface area contributed by atoms with Gasteiger partial charge >= 0.3 is 0 Å². The second kappa shape index (κ2) is 6.25. The molecule has 2 aromatic carbocycles. The van der Waals surface area contributed by atoms with Gasteiger partial charge in [0.1, 0.15) is 5.75 Å². The van der Waals surface area contributed by atoms with Crippen LogP contribution in [0.2, 0.25) is 0 Å². The van der Waals surface area contributed by atoms with Crippen LogP contribution in [0, 0.1) is 6.92 Å². The minimum atomic E-state index is 0.327. The molecule has 1 N–H and O–H groups in total.